The number of nitrogens with zero attached hydrogens (tertiary/aromatic N) is 11. The molecule has 114 heavy (non-hydrogen) atoms. The highest BCUT2D eigenvalue weighted by atomic mass is 32.1. The molecule has 0 atom stereocenters. The third kappa shape index (κ3) is 20.9. The van der Waals surface area contributed by atoms with Gasteiger partial charge >= 0.3 is 6.18 Å². The van der Waals surface area contributed by atoms with Gasteiger partial charge in [-0.2, -0.15) is 23.1 Å². The van der Waals surface area contributed by atoms with Crippen LogP contribution in [0.2, 0.25) is 0 Å². The van der Waals surface area contributed by atoms with Gasteiger partial charge in [-0.25, -0.2) is 30.9 Å². The number of alkyl halides is 3. The van der Waals surface area contributed by atoms with E-state index in [1.165, 1.54) is 56.9 Å². The molecule has 0 unspecified atom stereocenters. The first kappa shape index (κ1) is 79.9. The number of halogens is 3. The maximum atomic E-state index is 12.8. The van der Waals surface area contributed by atoms with Crippen LogP contribution in [-0.2, 0) is 70.9 Å². The Morgan fingerprint density at radius 2 is 0.921 bits per heavy atom. The summed E-state index contributed by atoms with van der Waals surface area (Å²) in [5.41, 5.74) is 19.6. The number of aliphatic hydroxyl groups excluding tert-OH is 2. The lowest BCUT2D eigenvalue weighted by atomic mass is 9.98. The fraction of sp³-hybridized carbons (Fsp3) is 0.244. The van der Waals surface area contributed by atoms with Gasteiger partial charge < -0.3 is 40.4 Å². The third-order valence-electron chi connectivity index (χ3n) is 20.0. The largest absolute Gasteiger partial charge is 0.416 e. The number of anilines is 6. The van der Waals surface area contributed by atoms with Gasteiger partial charge in [-0.05, 0) is 180 Å². The van der Waals surface area contributed by atoms with E-state index >= 15 is 0 Å². The molecule has 584 valence electrons. The van der Waals surface area contributed by atoms with Crippen molar-refractivity contribution in [2.24, 2.45) is 0 Å². The Bertz CT molecular complexity index is 5120. The number of aromatic nitrogens is 7. The summed E-state index contributed by atoms with van der Waals surface area (Å²) in [6, 6.07) is 55.5. The van der Waals surface area contributed by atoms with Crippen LogP contribution in [0.3, 0.4) is 0 Å². The van der Waals surface area contributed by atoms with E-state index in [1.807, 2.05) is 121 Å². The average molecular weight is 1580 g/mol. The van der Waals surface area contributed by atoms with Crippen molar-refractivity contribution in [1.82, 2.24) is 45.8 Å². The molecule has 0 radical (unpaired) electrons. The maximum absolute atomic E-state index is 12.8. The highest BCUT2D eigenvalue weighted by Crippen LogP contribution is 2.36. The second-order valence-corrected chi connectivity index (χ2v) is 29.2. The van der Waals surface area contributed by atoms with E-state index in [4.69, 9.17) is 35.6 Å². The molecule has 5 aromatic heterocycles. The number of rotatable bonds is 18. The van der Waals surface area contributed by atoms with Gasteiger partial charge in [-0.3, -0.25) is 34.6 Å². The predicted molar refractivity (Wildman–Crippen MR) is 435 cm³/mol. The molecular formula is C86H84F3N15O8S2. The summed E-state index contributed by atoms with van der Waals surface area (Å²) in [6.45, 7) is 6.83. The van der Waals surface area contributed by atoms with Gasteiger partial charge in [0.15, 0.2) is 21.8 Å². The first-order chi connectivity index (χ1) is 55.5. The van der Waals surface area contributed by atoms with Gasteiger partial charge in [0.25, 0.3) is 11.8 Å². The van der Waals surface area contributed by atoms with E-state index in [0.717, 1.165) is 165 Å². The molecule has 0 saturated heterocycles. The standard InChI is InChI=1S/2C23H24N4O2.C21H18F3N3O2S.C19H18N4O2S/c28-16-21(29)20-7-6-18-9-12-27(13-10-19(18)14-20)22-8-11-24-23(26-22)25-15-17-4-2-1-3-5-17;28-16-21(29)20-7-6-18-9-12-27(13-10-19(18)14-20)23-24-11-8-22(26-23)25-15-17-4-2-1-3-5-17;22-21(23,24)17-7-5-13(6-8-17)18-12-30-20(25-18)27-9-1-2-14-10-15(19(28)26-29)3-4-16(14)11-27;24-18(22-25)14-5-6-16-11-23(8-2-4-13(16)9-14)19-21-17(12-26-19)15-3-1-7-20-10-15/h2*1-8,11,14,28H,9-10,12-13,15-16H2,(H,24,25,26);3-8,10,12,29H,1-2,9,11H2,(H,26,28);1,3,5-7,9-10,12,25H,2,4,8,11H2,(H,22,24). The number of hydrogen-bond donors (Lipinski definition) is 8. The van der Waals surface area contributed by atoms with Crippen molar-refractivity contribution >= 4 is 79.8 Å². The fourth-order valence-corrected chi connectivity index (χ4v) is 15.6. The normalized spacial score (nSPS) is 13.7. The van der Waals surface area contributed by atoms with Crippen LogP contribution in [0, 0.1) is 0 Å². The number of fused-ring (bicyclic) bond motifs is 4. The number of thiazole rings is 2. The van der Waals surface area contributed by atoms with Gasteiger partial charge in [0, 0.05) is 134 Å². The zero-order valence-corrected chi connectivity index (χ0v) is 63.9. The van der Waals surface area contributed by atoms with E-state index in [9.17, 15) is 32.3 Å². The molecule has 0 spiro atoms. The number of nitrogens with one attached hydrogen (secondary N) is 4. The number of Topliss-reactive ketones (excluding diaryl/α,β-unsaturated/α-hetero) is 2. The zero-order valence-electron chi connectivity index (χ0n) is 62.2. The van der Waals surface area contributed by atoms with Gasteiger partial charge in [0.2, 0.25) is 11.9 Å². The van der Waals surface area contributed by atoms with E-state index in [2.05, 4.69) is 79.8 Å². The third-order valence-corrected chi connectivity index (χ3v) is 21.9. The summed E-state index contributed by atoms with van der Waals surface area (Å²) in [7, 11) is 0. The monoisotopic (exact) mass is 1580 g/mol. The van der Waals surface area contributed by atoms with Crippen molar-refractivity contribution in [2.75, 3.05) is 82.7 Å². The molecule has 0 aliphatic carbocycles. The average Bonchev–Trinajstić information content (AvgIpc) is 1.62. The smallest absolute Gasteiger partial charge is 0.388 e. The van der Waals surface area contributed by atoms with Crippen LogP contribution in [-0.4, -0.2) is 131 Å². The molecule has 16 rings (SSSR count). The predicted octanol–water partition coefficient (Wildman–Crippen LogP) is 13.9. The second-order valence-electron chi connectivity index (χ2n) is 27.5. The van der Waals surface area contributed by atoms with Crippen LogP contribution in [0.1, 0.15) is 115 Å². The van der Waals surface area contributed by atoms with Crippen LogP contribution in [0.25, 0.3) is 22.5 Å². The molecule has 23 nitrogen and oxygen atoms in total. The molecule has 9 heterocycles. The quantitative estimate of drug-likeness (QED) is 0.0225. The lowest BCUT2D eigenvalue weighted by molar-refractivity contribution is -0.137. The van der Waals surface area contributed by atoms with E-state index < -0.39 is 36.8 Å². The molecule has 0 fully saturated rings. The van der Waals surface area contributed by atoms with Crippen LogP contribution in [0.4, 0.5) is 47.0 Å². The zero-order chi connectivity index (χ0) is 79.3. The van der Waals surface area contributed by atoms with Crippen molar-refractivity contribution in [1.29, 1.82) is 0 Å². The van der Waals surface area contributed by atoms with Crippen LogP contribution >= 0.6 is 22.7 Å². The lowest BCUT2D eigenvalue weighted by Crippen LogP contribution is -2.28. The first-order valence-electron chi connectivity index (χ1n) is 37.4. The number of aliphatic hydroxyl groups is 2. The number of hydroxylamine groups is 2. The summed E-state index contributed by atoms with van der Waals surface area (Å²) in [4.78, 5) is 87.5. The summed E-state index contributed by atoms with van der Waals surface area (Å²) < 4.78 is 38.3. The molecule has 2 amide bonds. The summed E-state index contributed by atoms with van der Waals surface area (Å²) in [5, 5.41) is 48.2. The Morgan fingerprint density at radius 3 is 1.44 bits per heavy atom. The lowest BCUT2D eigenvalue weighted by Gasteiger charge is -2.21. The fourth-order valence-electron chi connectivity index (χ4n) is 13.9. The Kier molecular flexibility index (Phi) is 26.9. The molecule has 7 aromatic carbocycles. The number of carbonyl (C=O) groups is 4. The van der Waals surface area contributed by atoms with E-state index in [1.54, 1.807) is 65.2 Å². The molecular weight excluding hydrogens is 1490 g/mol. The van der Waals surface area contributed by atoms with Crippen molar-refractivity contribution < 1.29 is 53.0 Å². The summed E-state index contributed by atoms with van der Waals surface area (Å²) >= 11 is 3.09. The minimum absolute atomic E-state index is 0.237. The maximum Gasteiger partial charge on any atom is 0.416 e. The second kappa shape index (κ2) is 38.4. The SMILES string of the molecule is O=C(CO)c1ccc2c(c1)CCN(c1ccnc(NCc3ccccc3)n1)CC2.O=C(CO)c1ccc2c(c1)CCN(c1nccc(NCc3ccccc3)n1)CC2.O=C(NO)c1ccc2c(c1)CCCN(c1nc(-c3ccc(C(F)(F)F)cc3)cs1)C2.O=C(NO)c1ccc2c(c1)CCCN(c1nc(-c3cccnc3)cs1)C2. The Balaban J connectivity index is 0.000000133. The van der Waals surface area contributed by atoms with E-state index in [-0.39, 0.29) is 11.6 Å². The molecule has 0 saturated carbocycles. The summed E-state index contributed by atoms with van der Waals surface area (Å²) in [5.74, 6) is 1.53. The van der Waals surface area contributed by atoms with Crippen molar-refractivity contribution in [3.63, 3.8) is 0 Å². The van der Waals surface area contributed by atoms with Gasteiger partial charge in [-0.1, -0.05) is 109 Å². The minimum atomic E-state index is -4.36. The van der Waals surface area contributed by atoms with Gasteiger partial charge in [-0.15, -0.1) is 22.7 Å². The molecule has 12 aromatic rings. The number of aryl methyl sites for hydroxylation is 2. The number of ketones is 2. The molecule has 4 aliphatic heterocycles. The number of pyridine rings is 1. The number of carbonyl (C=O) groups excluding carboxylic acids is 4. The van der Waals surface area contributed by atoms with Crippen molar-refractivity contribution in [2.45, 2.75) is 83.7 Å². The molecule has 8 N–H and O–H groups in total. The van der Waals surface area contributed by atoms with Crippen molar-refractivity contribution in [3.05, 3.63) is 301 Å². The molecule has 4 aliphatic rings. The highest BCUT2D eigenvalue weighted by Gasteiger charge is 2.31. The van der Waals surface area contributed by atoms with E-state index in [0.29, 0.717) is 65.0 Å². The topological polar surface area (TPSA) is 301 Å². The van der Waals surface area contributed by atoms with Crippen LogP contribution in [0.5, 0.6) is 0 Å². The molecule has 0 bridgehead atoms. The van der Waals surface area contributed by atoms with Gasteiger partial charge in [0.1, 0.15) is 24.8 Å². The summed E-state index contributed by atoms with van der Waals surface area (Å²) in [6.07, 6.45) is 9.75. The highest BCUT2D eigenvalue weighted by molar-refractivity contribution is 7.14. The van der Waals surface area contributed by atoms with Crippen molar-refractivity contribution in [3.8, 4) is 22.5 Å². The number of benzene rings is 7. The first-order valence-corrected chi connectivity index (χ1v) is 39.2. The van der Waals surface area contributed by atoms with Gasteiger partial charge in [0.05, 0.1) is 17.0 Å². The Hall–Kier alpha value is -12.2. The van der Waals surface area contributed by atoms with Crippen LogP contribution in [0.15, 0.2) is 218 Å². The molecule has 28 heteroatoms. The minimum Gasteiger partial charge on any atom is -0.388 e. The number of hydrogen-bond acceptors (Lipinski definition) is 23. The van der Waals surface area contributed by atoms with Crippen LogP contribution < -0.4 is 41.2 Å². The number of amides is 2. The Morgan fingerprint density at radius 1 is 0.439 bits per heavy atom. The Labute approximate surface area is 664 Å².